The zero-order valence-electron chi connectivity index (χ0n) is 15.5. The first-order valence-electron chi connectivity index (χ1n) is 8.61. The van der Waals surface area contributed by atoms with Gasteiger partial charge in [0.25, 0.3) is 5.56 Å². The number of aromatic amines is 1. The molecule has 6 heteroatoms. The number of nitrogens with zero attached hydrogens (tertiary/aromatic N) is 2. The van der Waals surface area contributed by atoms with E-state index in [0.717, 1.165) is 42.1 Å². The standard InChI is InChI=1S/C19H27N3O3/c1-5-7-17-18(14(2)20-12-6-13-24-3)19(23)22(21-17)15-8-10-16(25-4)11-9-15/h8-11,21H,5-7,12-13H2,1-4H3. The molecule has 2 rings (SSSR count). The van der Waals surface area contributed by atoms with E-state index in [1.165, 1.54) is 0 Å². The SMILES string of the molecule is CCCc1[nH]n(-c2ccc(OC)cc2)c(=O)c1C(C)=NCCCOC. The number of aryl methyl sites for hydroxylation is 1. The van der Waals surface area contributed by atoms with E-state index in [1.54, 1.807) is 18.9 Å². The summed E-state index contributed by atoms with van der Waals surface area (Å²) in [6, 6.07) is 7.41. The van der Waals surface area contributed by atoms with Crippen LogP contribution < -0.4 is 10.3 Å². The lowest BCUT2D eigenvalue weighted by molar-refractivity contribution is 0.197. The van der Waals surface area contributed by atoms with Crippen molar-refractivity contribution in [2.75, 3.05) is 27.4 Å². The van der Waals surface area contributed by atoms with Crippen molar-refractivity contribution < 1.29 is 9.47 Å². The molecule has 0 unspecified atom stereocenters. The molecule has 25 heavy (non-hydrogen) atoms. The number of ether oxygens (including phenoxy) is 2. The van der Waals surface area contributed by atoms with Gasteiger partial charge in [0.1, 0.15) is 5.75 Å². The van der Waals surface area contributed by atoms with Crippen molar-refractivity contribution in [1.29, 1.82) is 0 Å². The second-order valence-corrected chi connectivity index (χ2v) is 5.87. The minimum Gasteiger partial charge on any atom is -0.497 e. The van der Waals surface area contributed by atoms with Gasteiger partial charge in [0, 0.05) is 31.7 Å². The normalized spacial score (nSPS) is 11.8. The van der Waals surface area contributed by atoms with Gasteiger partial charge in [-0.05, 0) is 44.0 Å². The monoisotopic (exact) mass is 345 g/mol. The molecule has 1 heterocycles. The summed E-state index contributed by atoms with van der Waals surface area (Å²) in [5, 5.41) is 3.25. The molecular formula is C19H27N3O3. The second kappa shape index (κ2) is 9.22. The van der Waals surface area contributed by atoms with Crippen molar-refractivity contribution in [1.82, 2.24) is 9.78 Å². The molecule has 0 atom stereocenters. The van der Waals surface area contributed by atoms with Crippen molar-refractivity contribution in [2.24, 2.45) is 4.99 Å². The smallest absolute Gasteiger partial charge is 0.280 e. The van der Waals surface area contributed by atoms with Crippen LogP contribution in [0.1, 0.15) is 37.9 Å². The van der Waals surface area contributed by atoms with Gasteiger partial charge < -0.3 is 9.47 Å². The van der Waals surface area contributed by atoms with Crippen LogP contribution in [0.15, 0.2) is 34.1 Å². The Kier molecular flexibility index (Phi) is 7.01. The lowest BCUT2D eigenvalue weighted by atomic mass is 10.1. The Hall–Kier alpha value is -2.34. The van der Waals surface area contributed by atoms with Crippen LogP contribution in [0.4, 0.5) is 0 Å². The molecule has 0 spiro atoms. The van der Waals surface area contributed by atoms with Gasteiger partial charge in [0.15, 0.2) is 0 Å². The number of hydrogen-bond donors (Lipinski definition) is 1. The summed E-state index contributed by atoms with van der Waals surface area (Å²) in [6.07, 6.45) is 2.60. The van der Waals surface area contributed by atoms with Gasteiger partial charge in [0.05, 0.1) is 18.4 Å². The van der Waals surface area contributed by atoms with Gasteiger partial charge in [-0.3, -0.25) is 14.9 Å². The van der Waals surface area contributed by atoms with E-state index in [9.17, 15) is 4.79 Å². The van der Waals surface area contributed by atoms with Crippen molar-refractivity contribution in [3.8, 4) is 11.4 Å². The number of aromatic nitrogens is 2. The molecule has 0 fully saturated rings. The average molecular weight is 345 g/mol. The highest BCUT2D eigenvalue weighted by molar-refractivity contribution is 5.99. The average Bonchev–Trinajstić information content (AvgIpc) is 2.95. The van der Waals surface area contributed by atoms with Crippen LogP contribution in [0.5, 0.6) is 5.75 Å². The minimum atomic E-state index is -0.0680. The summed E-state index contributed by atoms with van der Waals surface area (Å²) < 4.78 is 11.8. The van der Waals surface area contributed by atoms with Crippen LogP contribution >= 0.6 is 0 Å². The second-order valence-electron chi connectivity index (χ2n) is 5.87. The fraction of sp³-hybridized carbons (Fsp3) is 0.474. The molecule has 0 saturated heterocycles. The highest BCUT2D eigenvalue weighted by atomic mass is 16.5. The van der Waals surface area contributed by atoms with Crippen LogP contribution in [0.2, 0.25) is 0 Å². The van der Waals surface area contributed by atoms with E-state index in [2.05, 4.69) is 17.0 Å². The summed E-state index contributed by atoms with van der Waals surface area (Å²) in [5.74, 6) is 0.758. The maximum Gasteiger partial charge on any atom is 0.280 e. The van der Waals surface area contributed by atoms with E-state index in [-0.39, 0.29) is 5.56 Å². The lowest BCUT2D eigenvalue weighted by Crippen LogP contribution is -2.20. The molecule has 136 valence electrons. The highest BCUT2D eigenvalue weighted by Crippen LogP contribution is 2.15. The quantitative estimate of drug-likeness (QED) is 0.561. The van der Waals surface area contributed by atoms with Gasteiger partial charge in [-0.1, -0.05) is 13.3 Å². The molecule has 2 aromatic rings. The first-order chi connectivity index (χ1) is 12.1. The molecule has 0 aliphatic heterocycles. The van der Waals surface area contributed by atoms with E-state index < -0.39 is 0 Å². The maximum absolute atomic E-state index is 12.9. The molecule has 0 bridgehead atoms. The largest absolute Gasteiger partial charge is 0.497 e. The zero-order chi connectivity index (χ0) is 18.2. The molecule has 0 aliphatic rings. The van der Waals surface area contributed by atoms with E-state index in [0.29, 0.717) is 18.7 Å². The zero-order valence-corrected chi connectivity index (χ0v) is 15.5. The lowest BCUT2D eigenvalue weighted by Gasteiger charge is -2.03. The summed E-state index contributed by atoms with van der Waals surface area (Å²) in [4.78, 5) is 17.5. The predicted molar refractivity (Wildman–Crippen MR) is 101 cm³/mol. The first-order valence-corrected chi connectivity index (χ1v) is 8.61. The van der Waals surface area contributed by atoms with E-state index in [4.69, 9.17) is 9.47 Å². The third-order valence-corrected chi connectivity index (χ3v) is 4.01. The number of benzene rings is 1. The van der Waals surface area contributed by atoms with E-state index >= 15 is 0 Å². The van der Waals surface area contributed by atoms with Crippen molar-refractivity contribution in [3.63, 3.8) is 0 Å². The number of hydrogen-bond acceptors (Lipinski definition) is 4. The van der Waals surface area contributed by atoms with Crippen molar-refractivity contribution >= 4 is 5.71 Å². The van der Waals surface area contributed by atoms with Gasteiger partial charge in [0.2, 0.25) is 0 Å². The Balaban J connectivity index is 2.38. The molecule has 6 nitrogen and oxygen atoms in total. The van der Waals surface area contributed by atoms with E-state index in [1.807, 2.05) is 31.2 Å². The Labute approximate surface area is 148 Å². The number of methoxy groups -OCH3 is 2. The van der Waals surface area contributed by atoms with Crippen LogP contribution in [0, 0.1) is 0 Å². The molecule has 0 radical (unpaired) electrons. The van der Waals surface area contributed by atoms with Crippen LogP contribution in [-0.2, 0) is 11.2 Å². The van der Waals surface area contributed by atoms with Gasteiger partial charge in [-0.15, -0.1) is 0 Å². The highest BCUT2D eigenvalue weighted by Gasteiger charge is 2.17. The van der Waals surface area contributed by atoms with Crippen LogP contribution in [0.25, 0.3) is 5.69 Å². The Morgan fingerprint density at radius 2 is 1.96 bits per heavy atom. The topological polar surface area (TPSA) is 68.6 Å². The fourth-order valence-corrected chi connectivity index (χ4v) is 2.73. The molecule has 1 N–H and O–H groups in total. The van der Waals surface area contributed by atoms with Crippen LogP contribution in [-0.4, -0.2) is 42.9 Å². The molecule has 1 aromatic heterocycles. The summed E-state index contributed by atoms with van der Waals surface area (Å²) in [6.45, 7) is 5.31. The Morgan fingerprint density at radius 3 is 2.56 bits per heavy atom. The number of rotatable bonds is 9. The molecule has 1 aromatic carbocycles. The number of nitrogens with one attached hydrogen (secondary N) is 1. The maximum atomic E-state index is 12.9. The Bertz CT molecular complexity index is 757. The predicted octanol–water partition coefficient (Wildman–Crippen LogP) is 2.97. The van der Waals surface area contributed by atoms with Gasteiger partial charge in [-0.2, -0.15) is 0 Å². The van der Waals surface area contributed by atoms with Gasteiger partial charge >= 0.3 is 0 Å². The minimum absolute atomic E-state index is 0.0680. The van der Waals surface area contributed by atoms with Crippen molar-refractivity contribution in [3.05, 3.63) is 45.9 Å². The Morgan fingerprint density at radius 1 is 1.24 bits per heavy atom. The summed E-state index contributed by atoms with van der Waals surface area (Å²) >= 11 is 0. The van der Waals surface area contributed by atoms with Gasteiger partial charge in [-0.25, -0.2) is 4.68 Å². The van der Waals surface area contributed by atoms with Crippen molar-refractivity contribution in [2.45, 2.75) is 33.1 Å². The summed E-state index contributed by atoms with van der Waals surface area (Å²) in [5.41, 5.74) is 3.09. The number of H-pyrrole nitrogens is 1. The molecule has 0 saturated carbocycles. The molecular weight excluding hydrogens is 318 g/mol. The third kappa shape index (κ3) is 4.60. The third-order valence-electron chi connectivity index (χ3n) is 4.01. The van der Waals surface area contributed by atoms with Crippen LogP contribution in [0.3, 0.4) is 0 Å². The fourth-order valence-electron chi connectivity index (χ4n) is 2.73. The molecule has 0 aliphatic carbocycles. The molecule has 0 amide bonds. The summed E-state index contributed by atoms with van der Waals surface area (Å²) in [7, 11) is 3.30. The number of aliphatic imine (C=N–C) groups is 1. The first kappa shape index (κ1) is 19.0.